The maximum atomic E-state index is 11.9. The molecule has 1 aromatic carbocycles. The predicted octanol–water partition coefficient (Wildman–Crippen LogP) is 2.32. The van der Waals surface area contributed by atoms with Crippen molar-refractivity contribution in [1.82, 2.24) is 0 Å². The van der Waals surface area contributed by atoms with Crippen LogP contribution < -0.4 is 14.2 Å². The lowest BCUT2D eigenvalue weighted by atomic mass is 9.94. The van der Waals surface area contributed by atoms with Crippen molar-refractivity contribution in [2.75, 3.05) is 21.3 Å². The van der Waals surface area contributed by atoms with Gasteiger partial charge < -0.3 is 14.2 Å². The van der Waals surface area contributed by atoms with Crippen molar-refractivity contribution in [2.45, 2.75) is 20.8 Å². The molecular weight excluding hydrogens is 276 g/mol. The van der Waals surface area contributed by atoms with E-state index in [-0.39, 0.29) is 51.3 Å². The van der Waals surface area contributed by atoms with Crippen LogP contribution in [0, 0.1) is 0 Å². The van der Waals surface area contributed by atoms with Crippen LogP contribution in [0.1, 0.15) is 51.8 Å². The Bertz CT molecular complexity index is 508. The molecule has 0 aliphatic rings. The van der Waals surface area contributed by atoms with E-state index in [1.807, 2.05) is 0 Å². The molecule has 0 fully saturated rings. The fourth-order valence-corrected chi connectivity index (χ4v) is 2.26. The molecule has 1 rings (SSSR count). The van der Waals surface area contributed by atoms with Crippen LogP contribution in [0.3, 0.4) is 0 Å². The van der Waals surface area contributed by atoms with E-state index in [0.29, 0.717) is 0 Å². The maximum absolute atomic E-state index is 11.9. The van der Waals surface area contributed by atoms with Gasteiger partial charge in [0.05, 0.1) is 21.3 Å². The second-order valence-corrected chi connectivity index (χ2v) is 4.39. The zero-order chi connectivity index (χ0) is 16.3. The van der Waals surface area contributed by atoms with E-state index in [0.717, 1.165) is 0 Å². The third-order valence-corrected chi connectivity index (χ3v) is 3.03. The number of carbonyl (C=O) groups excluding carboxylic acids is 3. The van der Waals surface area contributed by atoms with Crippen molar-refractivity contribution in [2.24, 2.45) is 0 Å². The van der Waals surface area contributed by atoms with Crippen molar-refractivity contribution >= 4 is 17.3 Å². The van der Waals surface area contributed by atoms with Gasteiger partial charge in [-0.1, -0.05) is 0 Å². The molecule has 0 heterocycles. The Hall–Kier alpha value is -2.37. The molecule has 0 aliphatic heterocycles. The van der Waals surface area contributed by atoms with Gasteiger partial charge in [0.15, 0.2) is 17.3 Å². The first-order valence-corrected chi connectivity index (χ1v) is 6.20. The number of Topliss-reactive ketones (excluding diaryl/α,β-unsaturated/α-hetero) is 3. The molecule has 1 aromatic rings. The van der Waals surface area contributed by atoms with Crippen LogP contribution in [0.2, 0.25) is 0 Å². The molecule has 0 aliphatic carbocycles. The van der Waals surface area contributed by atoms with Crippen LogP contribution >= 0.6 is 0 Å². The predicted molar refractivity (Wildman–Crippen MR) is 76.1 cm³/mol. The zero-order valence-electron chi connectivity index (χ0n) is 12.9. The zero-order valence-corrected chi connectivity index (χ0v) is 12.9. The lowest BCUT2D eigenvalue weighted by molar-refractivity contribution is 0.100. The minimum absolute atomic E-state index is 0.0497. The third-order valence-electron chi connectivity index (χ3n) is 3.03. The molecule has 6 nitrogen and oxygen atoms in total. The summed E-state index contributed by atoms with van der Waals surface area (Å²) in [5.74, 6) is -0.986. The smallest absolute Gasteiger partial charge is 0.167 e. The van der Waals surface area contributed by atoms with Gasteiger partial charge in [-0.2, -0.15) is 0 Å². The highest BCUT2D eigenvalue weighted by Gasteiger charge is 2.32. The molecule has 0 amide bonds. The van der Waals surface area contributed by atoms with Gasteiger partial charge in [0.25, 0.3) is 0 Å². The van der Waals surface area contributed by atoms with Gasteiger partial charge in [-0.3, -0.25) is 14.4 Å². The van der Waals surface area contributed by atoms with Crippen LogP contribution in [0.5, 0.6) is 17.2 Å². The first kappa shape index (κ1) is 16.7. The number of carbonyl (C=O) groups is 3. The van der Waals surface area contributed by atoms with Gasteiger partial charge >= 0.3 is 0 Å². The highest BCUT2D eigenvalue weighted by atomic mass is 16.5. The van der Waals surface area contributed by atoms with Crippen LogP contribution in [0.4, 0.5) is 0 Å². The molecule has 0 bridgehead atoms. The molecule has 0 unspecified atom stereocenters. The average Bonchev–Trinajstić information content (AvgIpc) is 2.42. The number of hydrogen-bond donors (Lipinski definition) is 0. The van der Waals surface area contributed by atoms with E-state index < -0.39 is 0 Å². The topological polar surface area (TPSA) is 78.9 Å². The van der Waals surface area contributed by atoms with E-state index in [1.165, 1.54) is 42.1 Å². The van der Waals surface area contributed by atoms with Crippen molar-refractivity contribution in [3.63, 3.8) is 0 Å². The highest BCUT2D eigenvalue weighted by molar-refractivity contribution is 6.13. The molecule has 21 heavy (non-hydrogen) atoms. The first-order valence-electron chi connectivity index (χ1n) is 6.20. The summed E-state index contributed by atoms with van der Waals surface area (Å²) < 4.78 is 15.6. The Balaban J connectivity index is 4.11. The van der Waals surface area contributed by atoms with Gasteiger partial charge in [0.1, 0.15) is 33.9 Å². The molecule has 0 spiro atoms. The van der Waals surface area contributed by atoms with Gasteiger partial charge in [-0.15, -0.1) is 0 Å². The lowest BCUT2D eigenvalue weighted by Crippen LogP contribution is -2.14. The third kappa shape index (κ3) is 2.74. The SMILES string of the molecule is COc1c(C(C)=O)c(OC)c(C(C)=O)c(OC)c1C(C)=O. The summed E-state index contributed by atoms with van der Waals surface area (Å²) in [6.45, 7) is 3.92. The minimum Gasteiger partial charge on any atom is -0.495 e. The quantitative estimate of drug-likeness (QED) is 0.749. The molecule has 0 atom stereocenters. The molecule has 0 N–H and O–H groups in total. The second kappa shape index (κ2) is 6.39. The molecule has 0 radical (unpaired) electrons. The van der Waals surface area contributed by atoms with Gasteiger partial charge in [0.2, 0.25) is 0 Å². The fraction of sp³-hybridized carbons (Fsp3) is 0.400. The summed E-state index contributed by atoms with van der Waals surface area (Å²) in [5.41, 5.74) is 0.156. The number of hydrogen-bond acceptors (Lipinski definition) is 6. The number of methoxy groups -OCH3 is 3. The summed E-state index contributed by atoms with van der Waals surface area (Å²) in [6, 6.07) is 0. The summed E-state index contributed by atoms with van der Waals surface area (Å²) in [6.07, 6.45) is 0. The van der Waals surface area contributed by atoms with Crippen molar-refractivity contribution in [3.8, 4) is 17.2 Å². The first-order chi connectivity index (χ1) is 9.81. The number of ketones is 3. The van der Waals surface area contributed by atoms with Crippen molar-refractivity contribution in [3.05, 3.63) is 16.7 Å². The van der Waals surface area contributed by atoms with Crippen molar-refractivity contribution < 1.29 is 28.6 Å². The molecule has 0 saturated carbocycles. The van der Waals surface area contributed by atoms with Gasteiger partial charge in [0, 0.05) is 0 Å². The van der Waals surface area contributed by atoms with Gasteiger partial charge in [-0.05, 0) is 20.8 Å². The number of rotatable bonds is 6. The van der Waals surface area contributed by atoms with E-state index >= 15 is 0 Å². The van der Waals surface area contributed by atoms with Crippen LogP contribution in [0.15, 0.2) is 0 Å². The van der Waals surface area contributed by atoms with E-state index in [9.17, 15) is 14.4 Å². The fourth-order valence-electron chi connectivity index (χ4n) is 2.26. The summed E-state index contributed by atoms with van der Waals surface area (Å²) in [7, 11) is 4.00. The number of ether oxygens (including phenoxy) is 3. The Kier molecular flexibility index (Phi) is 5.07. The van der Waals surface area contributed by atoms with Crippen LogP contribution in [0.25, 0.3) is 0 Å². The lowest BCUT2D eigenvalue weighted by Gasteiger charge is -2.20. The van der Waals surface area contributed by atoms with E-state index in [1.54, 1.807) is 0 Å². The molecule has 6 heteroatoms. The normalized spacial score (nSPS) is 10.0. The summed E-state index contributed by atoms with van der Waals surface area (Å²) >= 11 is 0. The van der Waals surface area contributed by atoms with Crippen LogP contribution in [-0.4, -0.2) is 38.7 Å². The standard InChI is InChI=1S/C15H18O6/c1-7(16)10-13(19-4)11(8(2)17)15(21-6)12(9(3)18)14(10)20-5/h1-6H3. The second-order valence-electron chi connectivity index (χ2n) is 4.39. The number of benzene rings is 1. The van der Waals surface area contributed by atoms with E-state index in [2.05, 4.69) is 0 Å². The largest absolute Gasteiger partial charge is 0.495 e. The van der Waals surface area contributed by atoms with Crippen LogP contribution in [-0.2, 0) is 0 Å². The highest BCUT2D eigenvalue weighted by Crippen LogP contribution is 2.44. The average molecular weight is 294 g/mol. The maximum Gasteiger partial charge on any atom is 0.167 e. The summed E-state index contributed by atoms with van der Waals surface area (Å²) in [4.78, 5) is 35.8. The van der Waals surface area contributed by atoms with Crippen molar-refractivity contribution in [1.29, 1.82) is 0 Å². The Morgan fingerprint density at radius 3 is 0.857 bits per heavy atom. The minimum atomic E-state index is -0.378. The van der Waals surface area contributed by atoms with E-state index in [4.69, 9.17) is 14.2 Å². The monoisotopic (exact) mass is 294 g/mol. The molecule has 0 saturated heterocycles. The Labute approximate surface area is 123 Å². The molecule has 0 aromatic heterocycles. The Morgan fingerprint density at radius 2 is 0.762 bits per heavy atom. The molecular formula is C15H18O6. The Morgan fingerprint density at radius 1 is 0.571 bits per heavy atom. The van der Waals surface area contributed by atoms with Gasteiger partial charge in [-0.25, -0.2) is 0 Å². The summed E-state index contributed by atoms with van der Waals surface area (Å²) in [5, 5.41) is 0. The molecule has 114 valence electrons.